The first-order valence-corrected chi connectivity index (χ1v) is 6.67. The molecule has 0 bridgehead atoms. The highest BCUT2D eigenvalue weighted by Crippen LogP contribution is 2.20. The first-order chi connectivity index (χ1) is 9.97. The van der Waals surface area contributed by atoms with Crippen LogP contribution in [0.4, 0.5) is 14.9 Å². The number of aliphatic carboxylic acids is 1. The van der Waals surface area contributed by atoms with Gasteiger partial charge in [-0.25, -0.2) is 9.18 Å². The summed E-state index contributed by atoms with van der Waals surface area (Å²) in [4.78, 5) is 24.4. The largest absolute Gasteiger partial charge is 0.481 e. The van der Waals surface area contributed by atoms with Crippen molar-refractivity contribution < 1.29 is 23.8 Å². The van der Waals surface area contributed by atoms with Crippen LogP contribution in [0.3, 0.4) is 0 Å². The van der Waals surface area contributed by atoms with Gasteiger partial charge in [-0.1, -0.05) is 11.6 Å². The number of rotatable bonds is 3. The maximum Gasteiger partial charge on any atom is 0.322 e. The fourth-order valence-electron chi connectivity index (χ4n) is 2.06. The summed E-state index contributed by atoms with van der Waals surface area (Å²) in [5.41, 5.74) is 0.340. The number of ether oxygens (including phenoxy) is 1. The molecule has 0 radical (unpaired) electrons. The van der Waals surface area contributed by atoms with Gasteiger partial charge in [-0.3, -0.25) is 4.79 Å². The molecule has 1 saturated heterocycles. The van der Waals surface area contributed by atoms with Gasteiger partial charge in [0.15, 0.2) is 0 Å². The number of hydrogen-bond acceptors (Lipinski definition) is 3. The van der Waals surface area contributed by atoms with Crippen LogP contribution in [-0.4, -0.2) is 47.8 Å². The van der Waals surface area contributed by atoms with Gasteiger partial charge in [0.2, 0.25) is 0 Å². The maximum absolute atomic E-state index is 13.1. The lowest BCUT2D eigenvalue weighted by atomic mass is 10.1. The summed E-state index contributed by atoms with van der Waals surface area (Å²) in [6.45, 7) is 0.802. The van der Waals surface area contributed by atoms with Gasteiger partial charge in [-0.2, -0.15) is 0 Å². The molecule has 21 heavy (non-hydrogen) atoms. The van der Waals surface area contributed by atoms with Crippen LogP contribution in [0.15, 0.2) is 18.2 Å². The second kappa shape index (κ2) is 6.73. The van der Waals surface area contributed by atoms with Crippen LogP contribution in [0, 0.1) is 5.82 Å². The minimum absolute atomic E-state index is 0.100. The van der Waals surface area contributed by atoms with Crippen molar-refractivity contribution in [1.82, 2.24) is 4.90 Å². The summed E-state index contributed by atoms with van der Waals surface area (Å²) in [6.07, 6.45) is -0.197. The van der Waals surface area contributed by atoms with Crippen LogP contribution in [-0.2, 0) is 9.53 Å². The summed E-state index contributed by atoms with van der Waals surface area (Å²) < 4.78 is 18.3. The second-order valence-corrected chi connectivity index (χ2v) is 4.99. The number of carboxylic acid groups (broad SMARTS) is 1. The molecule has 1 aromatic carbocycles. The Balaban J connectivity index is 2.06. The molecule has 1 aromatic rings. The van der Waals surface area contributed by atoms with E-state index in [0.29, 0.717) is 18.8 Å². The van der Waals surface area contributed by atoms with Crippen molar-refractivity contribution in [2.24, 2.45) is 0 Å². The van der Waals surface area contributed by atoms with Crippen LogP contribution in [0.25, 0.3) is 0 Å². The SMILES string of the molecule is O=C(O)CC1COCCN1C(=O)Nc1ccc(F)c(Cl)c1. The number of urea groups is 1. The summed E-state index contributed by atoms with van der Waals surface area (Å²) in [6, 6.07) is 2.82. The molecular weight excluding hydrogens is 303 g/mol. The fraction of sp³-hybridized carbons (Fsp3) is 0.385. The maximum atomic E-state index is 13.1. The topological polar surface area (TPSA) is 78.9 Å². The number of carbonyl (C=O) groups excluding carboxylic acids is 1. The Hall–Kier alpha value is -1.86. The van der Waals surface area contributed by atoms with Gasteiger partial charge in [0, 0.05) is 12.2 Å². The first kappa shape index (κ1) is 15.5. The van der Waals surface area contributed by atoms with E-state index < -0.39 is 23.9 Å². The van der Waals surface area contributed by atoms with Crippen molar-refractivity contribution in [2.45, 2.75) is 12.5 Å². The second-order valence-electron chi connectivity index (χ2n) is 4.58. The number of nitrogens with one attached hydrogen (secondary N) is 1. The highest BCUT2D eigenvalue weighted by molar-refractivity contribution is 6.31. The Morgan fingerprint density at radius 3 is 2.95 bits per heavy atom. The molecule has 1 heterocycles. The van der Waals surface area contributed by atoms with Crippen molar-refractivity contribution in [3.05, 3.63) is 29.0 Å². The average molecular weight is 317 g/mol. The normalized spacial score (nSPS) is 18.4. The quantitative estimate of drug-likeness (QED) is 0.896. The smallest absolute Gasteiger partial charge is 0.322 e. The Morgan fingerprint density at radius 1 is 1.52 bits per heavy atom. The zero-order valence-corrected chi connectivity index (χ0v) is 11.8. The number of carbonyl (C=O) groups is 2. The van der Waals surface area contributed by atoms with Gasteiger partial charge in [-0.15, -0.1) is 0 Å². The molecule has 0 aliphatic carbocycles. The van der Waals surface area contributed by atoms with Crippen LogP contribution in [0.2, 0.25) is 5.02 Å². The Bertz CT molecular complexity index is 555. The van der Waals surface area contributed by atoms with E-state index in [1.807, 2.05) is 0 Å². The lowest BCUT2D eigenvalue weighted by Crippen LogP contribution is -2.51. The van der Waals surface area contributed by atoms with E-state index in [0.717, 1.165) is 6.07 Å². The van der Waals surface area contributed by atoms with Gasteiger partial charge in [0.1, 0.15) is 5.82 Å². The number of carboxylic acids is 1. The number of morpholine rings is 1. The molecule has 8 heteroatoms. The third kappa shape index (κ3) is 4.05. The number of nitrogens with zero attached hydrogens (tertiary/aromatic N) is 1. The third-order valence-electron chi connectivity index (χ3n) is 3.07. The number of amides is 2. The fourth-order valence-corrected chi connectivity index (χ4v) is 2.24. The van der Waals surface area contributed by atoms with Crippen LogP contribution >= 0.6 is 11.6 Å². The molecule has 1 fully saturated rings. The van der Waals surface area contributed by atoms with E-state index in [1.54, 1.807) is 0 Å². The zero-order chi connectivity index (χ0) is 15.4. The Kier molecular flexibility index (Phi) is 4.98. The van der Waals surface area contributed by atoms with Crippen LogP contribution in [0.5, 0.6) is 0 Å². The molecule has 1 unspecified atom stereocenters. The molecule has 1 aliphatic rings. The minimum Gasteiger partial charge on any atom is -0.481 e. The summed E-state index contributed by atoms with van der Waals surface area (Å²) in [5, 5.41) is 11.3. The monoisotopic (exact) mass is 316 g/mol. The van der Waals surface area contributed by atoms with Gasteiger partial charge in [0.25, 0.3) is 0 Å². The highest BCUT2D eigenvalue weighted by Gasteiger charge is 2.29. The standard InChI is InChI=1S/C13H14ClFN2O4/c14-10-5-8(1-2-11(10)15)16-13(20)17-3-4-21-7-9(17)6-12(18)19/h1-2,5,9H,3-4,6-7H2,(H,16,20)(H,18,19). The van der Waals surface area contributed by atoms with Crippen molar-refractivity contribution >= 4 is 29.3 Å². The molecule has 2 rings (SSSR count). The highest BCUT2D eigenvalue weighted by atomic mass is 35.5. The lowest BCUT2D eigenvalue weighted by Gasteiger charge is -2.34. The average Bonchev–Trinajstić information content (AvgIpc) is 2.43. The molecule has 114 valence electrons. The molecule has 0 saturated carbocycles. The summed E-state index contributed by atoms with van der Waals surface area (Å²) >= 11 is 5.64. The molecule has 1 atom stereocenters. The van der Waals surface area contributed by atoms with Gasteiger partial charge < -0.3 is 20.1 Å². The minimum atomic E-state index is -1.01. The summed E-state index contributed by atoms with van der Waals surface area (Å²) in [5.74, 6) is -1.59. The van der Waals surface area contributed by atoms with E-state index in [2.05, 4.69) is 5.32 Å². The molecule has 6 nitrogen and oxygen atoms in total. The predicted octanol–water partition coefficient (Wildman–Crippen LogP) is 2.19. The van der Waals surface area contributed by atoms with E-state index in [4.69, 9.17) is 21.4 Å². The summed E-state index contributed by atoms with van der Waals surface area (Å²) in [7, 11) is 0. The third-order valence-corrected chi connectivity index (χ3v) is 3.36. The molecule has 2 amide bonds. The lowest BCUT2D eigenvalue weighted by molar-refractivity contribution is -0.139. The van der Waals surface area contributed by atoms with E-state index in [-0.39, 0.29) is 18.1 Å². The number of hydrogen-bond donors (Lipinski definition) is 2. The first-order valence-electron chi connectivity index (χ1n) is 6.29. The molecule has 1 aliphatic heterocycles. The van der Waals surface area contributed by atoms with E-state index in [9.17, 15) is 14.0 Å². The van der Waals surface area contributed by atoms with Crippen molar-refractivity contribution in [1.29, 1.82) is 0 Å². The molecule has 0 aromatic heterocycles. The molecule has 2 N–H and O–H groups in total. The zero-order valence-electron chi connectivity index (χ0n) is 11.0. The van der Waals surface area contributed by atoms with Crippen molar-refractivity contribution in [3.8, 4) is 0 Å². The van der Waals surface area contributed by atoms with Gasteiger partial charge in [0.05, 0.1) is 30.7 Å². The van der Waals surface area contributed by atoms with E-state index >= 15 is 0 Å². The Morgan fingerprint density at radius 2 is 2.29 bits per heavy atom. The number of halogens is 2. The number of benzene rings is 1. The van der Waals surface area contributed by atoms with E-state index in [1.165, 1.54) is 17.0 Å². The number of anilines is 1. The van der Waals surface area contributed by atoms with Crippen molar-refractivity contribution in [3.63, 3.8) is 0 Å². The van der Waals surface area contributed by atoms with Crippen molar-refractivity contribution in [2.75, 3.05) is 25.1 Å². The van der Waals surface area contributed by atoms with Crippen LogP contribution in [0.1, 0.15) is 6.42 Å². The molecular formula is C13H14ClFN2O4. The predicted molar refractivity (Wildman–Crippen MR) is 74.0 cm³/mol. The Labute approximate surface area is 125 Å². The van der Waals surface area contributed by atoms with Crippen LogP contribution < -0.4 is 5.32 Å². The van der Waals surface area contributed by atoms with Gasteiger partial charge in [-0.05, 0) is 18.2 Å². The van der Waals surface area contributed by atoms with Gasteiger partial charge >= 0.3 is 12.0 Å². The molecule has 0 spiro atoms.